The standard InChI is InChI=1S/C16H24N4O2/c1-21-13-9-16-15(18-11-13)3-2-4-20(16)6-5-19-7-8-22-14(10-17)12-19/h2-3,9,11,14H,4-8,10,12,17H2,1H3/t14-/m0/s1. The number of hydrogen-bond donors (Lipinski definition) is 1. The number of rotatable bonds is 5. The lowest BCUT2D eigenvalue weighted by Gasteiger charge is -2.35. The Morgan fingerprint density at radius 1 is 1.45 bits per heavy atom. The molecule has 0 radical (unpaired) electrons. The van der Waals surface area contributed by atoms with Crippen molar-refractivity contribution in [2.24, 2.45) is 5.73 Å². The summed E-state index contributed by atoms with van der Waals surface area (Å²) in [7, 11) is 1.67. The summed E-state index contributed by atoms with van der Waals surface area (Å²) in [6, 6.07) is 2.06. The van der Waals surface area contributed by atoms with Crippen LogP contribution in [-0.2, 0) is 4.74 Å². The zero-order valence-corrected chi connectivity index (χ0v) is 13.1. The smallest absolute Gasteiger partial charge is 0.139 e. The maximum Gasteiger partial charge on any atom is 0.139 e. The number of fused-ring (bicyclic) bond motifs is 1. The molecular weight excluding hydrogens is 280 g/mol. The van der Waals surface area contributed by atoms with Gasteiger partial charge in [-0.05, 0) is 6.08 Å². The molecule has 6 nitrogen and oxygen atoms in total. The van der Waals surface area contributed by atoms with Crippen LogP contribution in [0.25, 0.3) is 6.08 Å². The molecule has 1 atom stereocenters. The zero-order chi connectivity index (χ0) is 15.4. The SMILES string of the molecule is COc1cnc2c(c1)N(CCN1CCO[C@@H](CN)C1)CC=C2. The highest BCUT2D eigenvalue weighted by molar-refractivity contribution is 5.69. The van der Waals surface area contributed by atoms with Gasteiger partial charge in [0.15, 0.2) is 0 Å². The molecular formula is C16H24N4O2. The number of ether oxygens (including phenoxy) is 2. The van der Waals surface area contributed by atoms with Crippen LogP contribution in [0.3, 0.4) is 0 Å². The van der Waals surface area contributed by atoms with Crippen LogP contribution in [0.1, 0.15) is 5.69 Å². The van der Waals surface area contributed by atoms with E-state index in [2.05, 4.69) is 33.0 Å². The van der Waals surface area contributed by atoms with E-state index in [1.54, 1.807) is 13.3 Å². The van der Waals surface area contributed by atoms with Crippen molar-refractivity contribution in [2.45, 2.75) is 6.10 Å². The van der Waals surface area contributed by atoms with Crippen LogP contribution in [0.2, 0.25) is 0 Å². The molecule has 1 aromatic heterocycles. The van der Waals surface area contributed by atoms with Gasteiger partial charge in [-0.25, -0.2) is 0 Å². The average Bonchev–Trinajstić information content (AvgIpc) is 2.59. The van der Waals surface area contributed by atoms with Gasteiger partial charge in [0.25, 0.3) is 0 Å². The van der Waals surface area contributed by atoms with Crippen LogP contribution in [0.15, 0.2) is 18.3 Å². The molecule has 2 aliphatic heterocycles. The molecule has 2 N–H and O–H groups in total. The van der Waals surface area contributed by atoms with E-state index in [1.165, 1.54) is 0 Å². The number of hydrogen-bond acceptors (Lipinski definition) is 6. The summed E-state index contributed by atoms with van der Waals surface area (Å²) in [5, 5.41) is 0. The van der Waals surface area contributed by atoms with Crippen LogP contribution in [-0.4, -0.2) is 69.0 Å². The third kappa shape index (κ3) is 3.40. The van der Waals surface area contributed by atoms with E-state index in [9.17, 15) is 0 Å². The lowest BCUT2D eigenvalue weighted by molar-refractivity contribution is -0.0220. The van der Waals surface area contributed by atoms with Crippen LogP contribution in [0, 0.1) is 0 Å². The lowest BCUT2D eigenvalue weighted by Crippen LogP contribution is -2.48. The summed E-state index contributed by atoms with van der Waals surface area (Å²) in [4.78, 5) is 9.23. The van der Waals surface area contributed by atoms with Gasteiger partial charge in [0.1, 0.15) is 5.75 Å². The van der Waals surface area contributed by atoms with Gasteiger partial charge in [0, 0.05) is 45.3 Å². The quantitative estimate of drug-likeness (QED) is 0.859. The lowest BCUT2D eigenvalue weighted by atomic mass is 10.1. The second-order valence-corrected chi connectivity index (χ2v) is 5.66. The first-order valence-corrected chi connectivity index (χ1v) is 7.79. The van der Waals surface area contributed by atoms with Gasteiger partial charge in [0.05, 0.1) is 37.4 Å². The molecule has 6 heteroatoms. The first-order chi connectivity index (χ1) is 10.8. The summed E-state index contributed by atoms with van der Waals surface area (Å²) in [6.07, 6.45) is 6.17. The molecule has 3 rings (SSSR count). The van der Waals surface area contributed by atoms with Crippen molar-refractivity contribution in [1.29, 1.82) is 0 Å². The van der Waals surface area contributed by atoms with Gasteiger partial charge < -0.3 is 20.1 Å². The van der Waals surface area contributed by atoms with Crippen molar-refractivity contribution < 1.29 is 9.47 Å². The Hall–Kier alpha value is -1.63. The van der Waals surface area contributed by atoms with Crippen LogP contribution < -0.4 is 15.4 Å². The molecule has 0 bridgehead atoms. The third-order valence-electron chi connectivity index (χ3n) is 4.22. The highest BCUT2D eigenvalue weighted by Crippen LogP contribution is 2.27. The summed E-state index contributed by atoms with van der Waals surface area (Å²) in [5.41, 5.74) is 7.86. The third-order valence-corrected chi connectivity index (χ3v) is 4.22. The van der Waals surface area contributed by atoms with Crippen LogP contribution >= 0.6 is 0 Å². The van der Waals surface area contributed by atoms with E-state index >= 15 is 0 Å². The first kappa shape index (κ1) is 15.3. The molecule has 120 valence electrons. The first-order valence-electron chi connectivity index (χ1n) is 7.79. The molecule has 0 unspecified atom stereocenters. The monoisotopic (exact) mass is 304 g/mol. The Morgan fingerprint density at radius 2 is 2.36 bits per heavy atom. The van der Waals surface area contributed by atoms with E-state index in [4.69, 9.17) is 15.2 Å². The number of morpholine rings is 1. The summed E-state index contributed by atoms with van der Waals surface area (Å²) < 4.78 is 10.9. The second kappa shape index (κ2) is 7.09. The van der Waals surface area contributed by atoms with Crippen molar-refractivity contribution in [1.82, 2.24) is 9.88 Å². The van der Waals surface area contributed by atoms with E-state index in [0.717, 1.165) is 56.5 Å². The molecule has 0 saturated carbocycles. The Bertz CT molecular complexity index is 535. The minimum atomic E-state index is 0.170. The van der Waals surface area contributed by atoms with E-state index in [-0.39, 0.29) is 6.10 Å². The number of aromatic nitrogens is 1. The number of nitrogens with two attached hydrogens (primary N) is 1. The molecule has 2 aliphatic rings. The maximum absolute atomic E-state index is 5.71. The number of methoxy groups -OCH3 is 1. The summed E-state index contributed by atoms with van der Waals surface area (Å²) in [6.45, 7) is 6.13. The number of anilines is 1. The van der Waals surface area contributed by atoms with E-state index in [0.29, 0.717) is 6.54 Å². The highest BCUT2D eigenvalue weighted by Gasteiger charge is 2.21. The fourth-order valence-corrected chi connectivity index (χ4v) is 2.93. The van der Waals surface area contributed by atoms with Gasteiger partial charge in [-0.3, -0.25) is 9.88 Å². The predicted molar refractivity (Wildman–Crippen MR) is 87.3 cm³/mol. The maximum atomic E-state index is 5.71. The Kier molecular flexibility index (Phi) is 4.92. The van der Waals surface area contributed by atoms with Gasteiger partial charge in [0.2, 0.25) is 0 Å². The van der Waals surface area contributed by atoms with Crippen molar-refractivity contribution in [3.63, 3.8) is 0 Å². The molecule has 1 saturated heterocycles. The molecule has 1 fully saturated rings. The highest BCUT2D eigenvalue weighted by atomic mass is 16.5. The Balaban J connectivity index is 1.63. The fraction of sp³-hybridized carbons (Fsp3) is 0.562. The van der Waals surface area contributed by atoms with Gasteiger partial charge >= 0.3 is 0 Å². The normalized spacial score (nSPS) is 21.7. The predicted octanol–water partition coefficient (Wildman–Crippen LogP) is 0.583. The minimum absolute atomic E-state index is 0.170. The molecule has 0 aliphatic carbocycles. The molecule has 22 heavy (non-hydrogen) atoms. The second-order valence-electron chi connectivity index (χ2n) is 5.66. The van der Waals surface area contributed by atoms with Crippen molar-refractivity contribution in [3.05, 3.63) is 24.0 Å². The molecule has 1 aromatic rings. The van der Waals surface area contributed by atoms with E-state index in [1.807, 2.05) is 0 Å². The molecule has 3 heterocycles. The van der Waals surface area contributed by atoms with Crippen molar-refractivity contribution in [3.8, 4) is 5.75 Å². The fourth-order valence-electron chi connectivity index (χ4n) is 2.93. The zero-order valence-electron chi connectivity index (χ0n) is 13.1. The largest absolute Gasteiger partial charge is 0.495 e. The molecule has 0 amide bonds. The van der Waals surface area contributed by atoms with Crippen LogP contribution in [0.4, 0.5) is 5.69 Å². The molecule has 0 aromatic carbocycles. The van der Waals surface area contributed by atoms with Crippen molar-refractivity contribution in [2.75, 3.05) is 57.9 Å². The average molecular weight is 304 g/mol. The minimum Gasteiger partial charge on any atom is -0.495 e. The van der Waals surface area contributed by atoms with Crippen LogP contribution in [0.5, 0.6) is 5.75 Å². The Morgan fingerprint density at radius 3 is 3.18 bits per heavy atom. The summed E-state index contributed by atoms with van der Waals surface area (Å²) in [5.74, 6) is 0.800. The Labute approximate surface area is 131 Å². The van der Waals surface area contributed by atoms with Gasteiger partial charge in [-0.15, -0.1) is 0 Å². The van der Waals surface area contributed by atoms with Gasteiger partial charge in [-0.1, -0.05) is 6.08 Å². The topological polar surface area (TPSA) is 63.8 Å². The van der Waals surface area contributed by atoms with Crippen molar-refractivity contribution >= 4 is 11.8 Å². The summed E-state index contributed by atoms with van der Waals surface area (Å²) >= 11 is 0. The van der Waals surface area contributed by atoms with E-state index < -0.39 is 0 Å². The molecule has 0 spiro atoms. The number of nitrogens with zero attached hydrogens (tertiary/aromatic N) is 3. The number of pyridine rings is 1. The van der Waals surface area contributed by atoms with Gasteiger partial charge in [-0.2, -0.15) is 0 Å².